The van der Waals surface area contributed by atoms with Crippen molar-refractivity contribution < 1.29 is 9.59 Å². The highest BCUT2D eigenvalue weighted by molar-refractivity contribution is 5.77. The van der Waals surface area contributed by atoms with Gasteiger partial charge in [0.15, 0.2) is 0 Å². The van der Waals surface area contributed by atoms with Gasteiger partial charge < -0.3 is 15.5 Å². The maximum atomic E-state index is 11.5. The Balaban J connectivity index is 0.00000172. The molecule has 1 aliphatic heterocycles. The summed E-state index contributed by atoms with van der Waals surface area (Å²) in [6, 6.07) is 0.393. The number of urea groups is 1. The number of rotatable bonds is 7. The van der Waals surface area contributed by atoms with Gasteiger partial charge in [0.1, 0.15) is 0 Å². The molecule has 2 unspecified atom stereocenters. The lowest BCUT2D eigenvalue weighted by Gasteiger charge is -2.15. The van der Waals surface area contributed by atoms with Gasteiger partial charge in [-0.05, 0) is 26.7 Å². The minimum Gasteiger partial charge on any atom is -0.346 e. The van der Waals surface area contributed by atoms with Crippen molar-refractivity contribution in [3.05, 3.63) is 0 Å². The Morgan fingerprint density at radius 2 is 1.85 bits per heavy atom. The van der Waals surface area contributed by atoms with Crippen molar-refractivity contribution in [3.8, 4) is 0 Å². The largest absolute Gasteiger partial charge is 0.346 e. The fraction of sp³-hybridized carbons (Fsp3) is 0.867. The molecule has 1 heterocycles. The van der Waals surface area contributed by atoms with Crippen LogP contribution in [0.15, 0.2) is 0 Å². The van der Waals surface area contributed by atoms with Crippen LogP contribution < -0.4 is 10.6 Å². The zero-order valence-corrected chi connectivity index (χ0v) is 13.7. The summed E-state index contributed by atoms with van der Waals surface area (Å²) in [7, 11) is 1.84. The molecular weight excluding hydrogens is 254 g/mol. The third-order valence-electron chi connectivity index (χ3n) is 3.58. The number of hydrogen-bond donors (Lipinski definition) is 2. The Bertz CT molecular complexity index is 295. The first-order valence-electron chi connectivity index (χ1n) is 7.85. The molecule has 1 rings (SSSR count). The monoisotopic (exact) mass is 285 g/mol. The summed E-state index contributed by atoms with van der Waals surface area (Å²) >= 11 is 0. The summed E-state index contributed by atoms with van der Waals surface area (Å²) in [5.41, 5.74) is 0. The van der Waals surface area contributed by atoms with Crippen molar-refractivity contribution in [1.29, 1.82) is 0 Å². The van der Waals surface area contributed by atoms with Gasteiger partial charge in [0.25, 0.3) is 0 Å². The lowest BCUT2D eigenvalue weighted by molar-refractivity contribution is -0.129. The zero-order chi connectivity index (χ0) is 15.5. The van der Waals surface area contributed by atoms with Crippen molar-refractivity contribution in [3.63, 3.8) is 0 Å². The van der Waals surface area contributed by atoms with E-state index in [1.807, 2.05) is 34.7 Å². The Hall–Kier alpha value is -1.26. The Morgan fingerprint density at radius 3 is 2.35 bits per heavy atom. The molecule has 2 N–H and O–H groups in total. The van der Waals surface area contributed by atoms with Gasteiger partial charge in [-0.1, -0.05) is 26.7 Å². The van der Waals surface area contributed by atoms with Crippen LogP contribution in [0.1, 0.15) is 59.8 Å². The van der Waals surface area contributed by atoms with Crippen molar-refractivity contribution >= 4 is 11.9 Å². The van der Waals surface area contributed by atoms with E-state index < -0.39 is 0 Å². The van der Waals surface area contributed by atoms with Crippen LogP contribution in [0.25, 0.3) is 0 Å². The smallest absolute Gasteiger partial charge is 0.315 e. The number of nitrogens with one attached hydrogen (secondary N) is 2. The summed E-state index contributed by atoms with van der Waals surface area (Å²) < 4.78 is 0. The maximum Gasteiger partial charge on any atom is 0.315 e. The van der Waals surface area contributed by atoms with E-state index in [4.69, 9.17) is 0 Å². The SMILES string of the molecule is CC.CCN(C)C(=O)CCCCCC1NC(=O)NC1C. The maximum absolute atomic E-state index is 11.5. The second kappa shape index (κ2) is 10.5. The van der Waals surface area contributed by atoms with Gasteiger partial charge >= 0.3 is 6.03 Å². The molecule has 1 fully saturated rings. The second-order valence-electron chi connectivity index (χ2n) is 5.02. The predicted molar refractivity (Wildman–Crippen MR) is 82.7 cm³/mol. The third kappa shape index (κ3) is 6.78. The number of unbranched alkanes of at least 4 members (excludes halogenated alkanes) is 2. The van der Waals surface area contributed by atoms with E-state index in [2.05, 4.69) is 10.6 Å². The summed E-state index contributed by atoms with van der Waals surface area (Å²) in [6.45, 7) is 8.77. The first kappa shape index (κ1) is 18.7. The van der Waals surface area contributed by atoms with E-state index in [0.717, 1.165) is 32.2 Å². The molecule has 20 heavy (non-hydrogen) atoms. The van der Waals surface area contributed by atoms with Crippen molar-refractivity contribution in [2.75, 3.05) is 13.6 Å². The fourth-order valence-corrected chi connectivity index (χ4v) is 2.15. The van der Waals surface area contributed by atoms with Gasteiger partial charge in [-0.25, -0.2) is 4.79 Å². The molecule has 0 spiro atoms. The van der Waals surface area contributed by atoms with Crippen LogP contribution in [0, 0.1) is 0 Å². The molecule has 118 valence electrons. The van der Waals surface area contributed by atoms with Crippen LogP contribution in [-0.2, 0) is 4.79 Å². The lowest BCUT2D eigenvalue weighted by Crippen LogP contribution is -2.30. The van der Waals surface area contributed by atoms with Crippen molar-refractivity contribution in [2.24, 2.45) is 0 Å². The van der Waals surface area contributed by atoms with Gasteiger partial charge in [-0.2, -0.15) is 0 Å². The Kier molecular flexibility index (Phi) is 9.86. The van der Waals surface area contributed by atoms with Gasteiger partial charge in [-0.3, -0.25) is 4.79 Å². The quantitative estimate of drug-likeness (QED) is 0.706. The highest BCUT2D eigenvalue weighted by Crippen LogP contribution is 2.12. The topological polar surface area (TPSA) is 61.4 Å². The summed E-state index contributed by atoms with van der Waals surface area (Å²) in [5, 5.41) is 5.74. The first-order chi connectivity index (χ1) is 9.54. The van der Waals surface area contributed by atoms with Crippen LogP contribution in [0.5, 0.6) is 0 Å². The van der Waals surface area contributed by atoms with Crippen LogP contribution in [0.4, 0.5) is 4.79 Å². The van der Waals surface area contributed by atoms with E-state index in [9.17, 15) is 9.59 Å². The molecule has 2 atom stereocenters. The number of amides is 3. The average molecular weight is 285 g/mol. The predicted octanol–water partition coefficient (Wildman–Crippen LogP) is 2.51. The highest BCUT2D eigenvalue weighted by atomic mass is 16.2. The van der Waals surface area contributed by atoms with Gasteiger partial charge in [0.2, 0.25) is 5.91 Å². The molecule has 1 saturated heterocycles. The summed E-state index contributed by atoms with van der Waals surface area (Å²) in [5.74, 6) is 0.224. The van der Waals surface area contributed by atoms with E-state index in [-0.39, 0.29) is 24.0 Å². The second-order valence-corrected chi connectivity index (χ2v) is 5.02. The third-order valence-corrected chi connectivity index (χ3v) is 3.58. The molecule has 0 bridgehead atoms. The van der Waals surface area contributed by atoms with E-state index in [1.165, 1.54) is 0 Å². The molecular formula is C15H31N3O2. The van der Waals surface area contributed by atoms with E-state index in [0.29, 0.717) is 6.42 Å². The van der Waals surface area contributed by atoms with Gasteiger partial charge in [-0.15, -0.1) is 0 Å². The van der Waals surface area contributed by atoms with Gasteiger partial charge in [0.05, 0.1) is 6.04 Å². The van der Waals surface area contributed by atoms with Crippen LogP contribution in [0.2, 0.25) is 0 Å². The number of hydrogen-bond acceptors (Lipinski definition) is 2. The van der Waals surface area contributed by atoms with Crippen LogP contribution >= 0.6 is 0 Å². The van der Waals surface area contributed by atoms with Crippen molar-refractivity contribution in [1.82, 2.24) is 15.5 Å². The Labute approximate surface area is 123 Å². The van der Waals surface area contributed by atoms with E-state index >= 15 is 0 Å². The fourth-order valence-electron chi connectivity index (χ4n) is 2.15. The standard InChI is InChI=1S/C13H25N3O2.C2H6/c1-4-16(3)12(17)9-7-5-6-8-11-10(2)14-13(18)15-11;1-2/h10-11H,4-9H2,1-3H3,(H2,14,15,18);1-2H3. The minimum atomic E-state index is -0.0627. The molecule has 0 aromatic rings. The number of carbonyl (C=O) groups is 2. The number of nitrogens with zero attached hydrogens (tertiary/aromatic N) is 1. The minimum absolute atomic E-state index is 0.0627. The number of carbonyl (C=O) groups excluding carboxylic acids is 2. The Morgan fingerprint density at radius 1 is 1.20 bits per heavy atom. The molecule has 1 aliphatic rings. The summed E-state index contributed by atoms with van der Waals surface area (Å²) in [4.78, 5) is 24.4. The van der Waals surface area contributed by atoms with Gasteiger partial charge in [0, 0.05) is 26.1 Å². The molecule has 3 amide bonds. The normalized spacial score (nSPS) is 20.6. The highest BCUT2D eigenvalue weighted by Gasteiger charge is 2.26. The molecule has 0 aromatic carbocycles. The van der Waals surface area contributed by atoms with E-state index in [1.54, 1.807) is 4.90 Å². The average Bonchev–Trinajstić information content (AvgIpc) is 2.77. The van der Waals surface area contributed by atoms with Crippen LogP contribution in [-0.4, -0.2) is 42.5 Å². The molecule has 0 saturated carbocycles. The van der Waals surface area contributed by atoms with Crippen molar-refractivity contribution in [2.45, 2.75) is 71.9 Å². The summed E-state index contributed by atoms with van der Waals surface area (Å²) in [6.07, 6.45) is 4.65. The lowest BCUT2D eigenvalue weighted by atomic mass is 10.0. The molecule has 5 nitrogen and oxygen atoms in total. The zero-order valence-electron chi connectivity index (χ0n) is 13.7. The first-order valence-corrected chi connectivity index (χ1v) is 7.85. The molecule has 0 aromatic heterocycles. The molecule has 0 radical (unpaired) electrons. The molecule has 5 heteroatoms. The molecule has 0 aliphatic carbocycles. The van der Waals surface area contributed by atoms with Crippen LogP contribution in [0.3, 0.4) is 0 Å².